The van der Waals surface area contributed by atoms with Gasteiger partial charge < -0.3 is 4.90 Å². The molecular formula is C12H24N2O5S2. The van der Waals surface area contributed by atoms with Crippen LogP contribution in [-0.2, 0) is 24.7 Å². The lowest BCUT2D eigenvalue weighted by molar-refractivity contribution is -0.130. The Balaban J connectivity index is 2.76. The average Bonchev–Trinajstić information content (AvgIpc) is 2.69. The van der Waals surface area contributed by atoms with E-state index >= 15 is 0 Å². The average molecular weight is 340 g/mol. The molecule has 1 saturated heterocycles. The zero-order chi connectivity index (χ0) is 16.3. The minimum Gasteiger partial charge on any atom is -0.343 e. The molecule has 0 spiro atoms. The Morgan fingerprint density at radius 3 is 2.19 bits per heavy atom. The molecule has 0 aromatic heterocycles. The van der Waals surface area contributed by atoms with Gasteiger partial charge >= 0.3 is 0 Å². The third-order valence-electron chi connectivity index (χ3n) is 3.70. The van der Waals surface area contributed by atoms with Crippen LogP contribution in [-0.4, -0.2) is 75.4 Å². The molecule has 0 aromatic carbocycles. The molecule has 1 fully saturated rings. The number of amides is 1. The van der Waals surface area contributed by atoms with Crippen LogP contribution in [0, 0.1) is 0 Å². The van der Waals surface area contributed by atoms with Gasteiger partial charge in [-0.2, -0.15) is 4.31 Å². The first-order valence-electron chi connectivity index (χ1n) is 7.05. The number of hydrogen-bond acceptors (Lipinski definition) is 5. The summed E-state index contributed by atoms with van der Waals surface area (Å²) in [5.74, 6) is -0.262. The standard InChI is InChI=1S/C12H24N2O5S2/c1-4-13(5-2)12(15)6-8-14(20(3,16)17)11-7-9-21(18,19)10-11/h11H,4-10H2,1-3H3. The predicted octanol–water partition coefficient (Wildman–Crippen LogP) is -0.306. The Hall–Kier alpha value is -0.670. The Morgan fingerprint density at radius 1 is 1.24 bits per heavy atom. The minimum atomic E-state index is -3.54. The highest BCUT2D eigenvalue weighted by Gasteiger charge is 2.36. The number of carbonyl (C=O) groups is 1. The Kier molecular flexibility index (Phi) is 6.18. The molecule has 1 aliphatic heterocycles. The van der Waals surface area contributed by atoms with E-state index in [-0.39, 0.29) is 30.4 Å². The van der Waals surface area contributed by atoms with E-state index < -0.39 is 25.9 Å². The normalized spacial score (nSPS) is 21.6. The van der Waals surface area contributed by atoms with Crippen LogP contribution in [0.15, 0.2) is 0 Å². The van der Waals surface area contributed by atoms with Crippen LogP contribution in [0.3, 0.4) is 0 Å². The van der Waals surface area contributed by atoms with E-state index in [0.717, 1.165) is 6.26 Å². The number of rotatable bonds is 7. The molecule has 0 radical (unpaired) electrons. The van der Waals surface area contributed by atoms with Gasteiger partial charge in [-0.25, -0.2) is 16.8 Å². The largest absolute Gasteiger partial charge is 0.343 e. The van der Waals surface area contributed by atoms with Crippen molar-refractivity contribution in [2.45, 2.75) is 32.7 Å². The van der Waals surface area contributed by atoms with Gasteiger partial charge in [0.05, 0.1) is 17.8 Å². The van der Waals surface area contributed by atoms with Gasteiger partial charge in [-0.1, -0.05) is 0 Å². The van der Waals surface area contributed by atoms with Crippen LogP contribution >= 0.6 is 0 Å². The number of nitrogens with zero attached hydrogens (tertiary/aromatic N) is 2. The lowest BCUT2D eigenvalue weighted by Gasteiger charge is -2.26. The number of sulfone groups is 1. The number of carbonyl (C=O) groups excluding carboxylic acids is 1. The SMILES string of the molecule is CCN(CC)C(=O)CCN(C1CCS(=O)(=O)C1)S(C)(=O)=O. The fourth-order valence-electron chi connectivity index (χ4n) is 2.56. The molecule has 1 atom stereocenters. The van der Waals surface area contributed by atoms with Crippen LogP contribution < -0.4 is 0 Å². The summed E-state index contributed by atoms with van der Waals surface area (Å²) in [6, 6.07) is -0.547. The first-order valence-corrected chi connectivity index (χ1v) is 10.7. The van der Waals surface area contributed by atoms with E-state index in [1.807, 2.05) is 13.8 Å². The van der Waals surface area contributed by atoms with E-state index in [9.17, 15) is 21.6 Å². The molecule has 0 N–H and O–H groups in total. The fraction of sp³-hybridized carbons (Fsp3) is 0.917. The molecule has 1 unspecified atom stereocenters. The van der Waals surface area contributed by atoms with Crippen molar-refractivity contribution in [1.82, 2.24) is 9.21 Å². The lowest BCUT2D eigenvalue weighted by Crippen LogP contribution is -2.43. The monoisotopic (exact) mass is 340 g/mol. The second-order valence-electron chi connectivity index (χ2n) is 5.25. The maximum absolute atomic E-state index is 12.0. The Morgan fingerprint density at radius 2 is 1.81 bits per heavy atom. The van der Waals surface area contributed by atoms with Crippen LogP contribution in [0.2, 0.25) is 0 Å². The summed E-state index contributed by atoms with van der Waals surface area (Å²) in [6.07, 6.45) is 1.43. The molecule has 124 valence electrons. The highest BCUT2D eigenvalue weighted by atomic mass is 32.2. The second kappa shape index (κ2) is 7.06. The van der Waals surface area contributed by atoms with E-state index in [2.05, 4.69) is 0 Å². The molecule has 0 aromatic rings. The van der Waals surface area contributed by atoms with Crippen molar-refractivity contribution < 1.29 is 21.6 Å². The van der Waals surface area contributed by atoms with Gasteiger partial charge in [0.25, 0.3) is 0 Å². The molecule has 0 saturated carbocycles. The molecule has 1 aliphatic rings. The molecule has 7 nitrogen and oxygen atoms in total. The third kappa shape index (κ3) is 5.23. The highest BCUT2D eigenvalue weighted by molar-refractivity contribution is 7.92. The highest BCUT2D eigenvalue weighted by Crippen LogP contribution is 2.20. The van der Waals surface area contributed by atoms with Crippen molar-refractivity contribution in [2.75, 3.05) is 37.4 Å². The molecule has 1 rings (SSSR count). The van der Waals surface area contributed by atoms with Gasteiger partial charge in [-0.05, 0) is 20.3 Å². The lowest BCUT2D eigenvalue weighted by atomic mass is 10.2. The van der Waals surface area contributed by atoms with Crippen molar-refractivity contribution in [3.63, 3.8) is 0 Å². The van der Waals surface area contributed by atoms with Crippen LogP contribution in [0.4, 0.5) is 0 Å². The maximum atomic E-state index is 12.0. The van der Waals surface area contributed by atoms with Crippen molar-refractivity contribution in [3.05, 3.63) is 0 Å². The van der Waals surface area contributed by atoms with Gasteiger partial charge in [0, 0.05) is 32.1 Å². The quantitative estimate of drug-likeness (QED) is 0.634. The molecule has 21 heavy (non-hydrogen) atoms. The van der Waals surface area contributed by atoms with Crippen LogP contribution in [0.5, 0.6) is 0 Å². The first-order chi connectivity index (χ1) is 9.60. The summed E-state index contributed by atoms with van der Waals surface area (Å²) in [6.45, 7) is 4.91. The summed E-state index contributed by atoms with van der Waals surface area (Å²) in [5.41, 5.74) is 0. The minimum absolute atomic E-state index is 0.00762. The van der Waals surface area contributed by atoms with Gasteiger partial charge in [0.2, 0.25) is 15.9 Å². The number of sulfonamides is 1. The Labute approximate surface area is 127 Å². The van der Waals surface area contributed by atoms with Crippen molar-refractivity contribution in [3.8, 4) is 0 Å². The van der Waals surface area contributed by atoms with Crippen LogP contribution in [0.25, 0.3) is 0 Å². The summed E-state index contributed by atoms with van der Waals surface area (Å²) >= 11 is 0. The molecular weight excluding hydrogens is 316 g/mol. The number of hydrogen-bond donors (Lipinski definition) is 0. The third-order valence-corrected chi connectivity index (χ3v) is 6.79. The van der Waals surface area contributed by atoms with Crippen LogP contribution in [0.1, 0.15) is 26.7 Å². The van der Waals surface area contributed by atoms with E-state index in [4.69, 9.17) is 0 Å². The van der Waals surface area contributed by atoms with Crippen molar-refractivity contribution in [2.24, 2.45) is 0 Å². The molecule has 0 bridgehead atoms. The van der Waals surface area contributed by atoms with Gasteiger partial charge in [-0.3, -0.25) is 4.79 Å². The van der Waals surface area contributed by atoms with Crippen molar-refractivity contribution in [1.29, 1.82) is 0 Å². The smallest absolute Gasteiger partial charge is 0.223 e. The zero-order valence-electron chi connectivity index (χ0n) is 12.8. The molecule has 1 amide bonds. The summed E-state index contributed by atoms with van der Waals surface area (Å²) in [7, 11) is -6.70. The van der Waals surface area contributed by atoms with E-state index in [0.29, 0.717) is 19.5 Å². The van der Waals surface area contributed by atoms with E-state index in [1.54, 1.807) is 4.90 Å². The molecule has 0 aliphatic carbocycles. The Bertz CT molecular complexity index is 566. The summed E-state index contributed by atoms with van der Waals surface area (Å²) < 4.78 is 47.9. The first kappa shape index (κ1) is 18.4. The maximum Gasteiger partial charge on any atom is 0.223 e. The van der Waals surface area contributed by atoms with Crippen molar-refractivity contribution >= 4 is 25.8 Å². The summed E-state index contributed by atoms with van der Waals surface area (Å²) in [5, 5.41) is 0. The predicted molar refractivity (Wildman–Crippen MR) is 81.2 cm³/mol. The van der Waals surface area contributed by atoms with Gasteiger partial charge in [0.15, 0.2) is 9.84 Å². The fourth-order valence-corrected chi connectivity index (χ4v) is 5.53. The zero-order valence-corrected chi connectivity index (χ0v) is 14.4. The van der Waals surface area contributed by atoms with Gasteiger partial charge in [0.1, 0.15) is 0 Å². The molecule has 1 heterocycles. The molecule has 9 heteroatoms. The summed E-state index contributed by atoms with van der Waals surface area (Å²) in [4.78, 5) is 13.6. The second-order valence-corrected chi connectivity index (χ2v) is 9.41. The topological polar surface area (TPSA) is 91.8 Å². The van der Waals surface area contributed by atoms with E-state index in [1.165, 1.54) is 4.31 Å². The van der Waals surface area contributed by atoms with Gasteiger partial charge in [-0.15, -0.1) is 0 Å².